The number of sulfonamides is 1. The van der Waals surface area contributed by atoms with Crippen molar-refractivity contribution < 1.29 is 22.7 Å². The van der Waals surface area contributed by atoms with Crippen molar-refractivity contribution in [1.82, 2.24) is 9.21 Å². The molecule has 3 unspecified atom stereocenters. The van der Waals surface area contributed by atoms with Crippen molar-refractivity contribution in [2.75, 3.05) is 32.8 Å². The van der Waals surface area contributed by atoms with E-state index in [0.717, 1.165) is 25.9 Å². The molecule has 8 heteroatoms. The van der Waals surface area contributed by atoms with Gasteiger partial charge in [-0.25, -0.2) is 13.2 Å². The number of hydrogen-bond donors (Lipinski definition) is 0. The second kappa shape index (κ2) is 8.90. The first-order chi connectivity index (χ1) is 13.3. The van der Waals surface area contributed by atoms with Crippen LogP contribution in [0.2, 0.25) is 0 Å². The molecule has 0 saturated carbocycles. The summed E-state index contributed by atoms with van der Waals surface area (Å²) in [5, 5.41) is 0. The van der Waals surface area contributed by atoms with Crippen LogP contribution in [0, 0.1) is 0 Å². The van der Waals surface area contributed by atoms with Crippen LogP contribution in [0.3, 0.4) is 0 Å². The average molecular weight is 411 g/mol. The van der Waals surface area contributed by atoms with E-state index < -0.39 is 16.0 Å². The summed E-state index contributed by atoms with van der Waals surface area (Å²) >= 11 is 0. The molecule has 28 heavy (non-hydrogen) atoms. The van der Waals surface area contributed by atoms with Gasteiger partial charge in [-0.3, -0.25) is 4.90 Å². The van der Waals surface area contributed by atoms with Crippen molar-refractivity contribution >= 4 is 16.0 Å². The summed E-state index contributed by atoms with van der Waals surface area (Å²) in [4.78, 5) is 14.4. The molecule has 2 fully saturated rings. The Bertz CT molecular complexity index is 788. The van der Waals surface area contributed by atoms with Gasteiger partial charge in [-0.05, 0) is 51.8 Å². The third kappa shape index (κ3) is 4.74. The minimum absolute atomic E-state index is 0.0613. The molecule has 0 radical (unpaired) electrons. The van der Waals surface area contributed by atoms with Gasteiger partial charge in [-0.1, -0.05) is 6.07 Å². The second-order valence-electron chi connectivity index (χ2n) is 7.64. The molecular weight excluding hydrogens is 380 g/mol. The third-order valence-corrected chi connectivity index (χ3v) is 7.19. The zero-order valence-electron chi connectivity index (χ0n) is 16.8. The first-order valence-electron chi connectivity index (χ1n) is 9.98. The molecule has 0 aromatic heterocycles. The highest BCUT2D eigenvalue weighted by Crippen LogP contribution is 2.28. The van der Waals surface area contributed by atoms with Gasteiger partial charge in [0.2, 0.25) is 10.0 Å². The maximum Gasteiger partial charge on any atom is 0.338 e. The molecule has 2 aliphatic heterocycles. The molecule has 1 aromatic rings. The normalized spacial score (nSPS) is 27.0. The Labute approximate surface area is 167 Å². The lowest BCUT2D eigenvalue weighted by atomic mass is 10.1. The topological polar surface area (TPSA) is 76.2 Å². The summed E-state index contributed by atoms with van der Waals surface area (Å²) in [6, 6.07) is 6.08. The zero-order chi connectivity index (χ0) is 20.3. The first-order valence-corrected chi connectivity index (χ1v) is 11.4. The number of esters is 1. The molecule has 0 bridgehead atoms. The molecule has 0 amide bonds. The standard InChI is InChI=1S/C20H30N2O5S/c1-4-26-20(23)17-7-5-9-19(11-17)28(24,25)22-10-6-8-18(22)14-21-12-15(2)27-16(3)13-21/h5,7,9,11,15-16,18H,4,6,8,10,12-14H2,1-3H3. The van der Waals surface area contributed by atoms with Crippen LogP contribution in [0.1, 0.15) is 44.0 Å². The smallest absolute Gasteiger partial charge is 0.338 e. The predicted molar refractivity (Wildman–Crippen MR) is 106 cm³/mol. The Morgan fingerprint density at radius 3 is 2.64 bits per heavy atom. The highest BCUT2D eigenvalue weighted by Gasteiger charge is 2.37. The summed E-state index contributed by atoms with van der Waals surface area (Å²) in [7, 11) is -3.67. The van der Waals surface area contributed by atoms with Gasteiger partial charge in [0.25, 0.3) is 0 Å². The van der Waals surface area contributed by atoms with Crippen molar-refractivity contribution in [3.05, 3.63) is 29.8 Å². The SMILES string of the molecule is CCOC(=O)c1cccc(S(=O)(=O)N2CCCC2CN2CC(C)OC(C)C2)c1. The van der Waals surface area contributed by atoms with Crippen molar-refractivity contribution in [3.8, 4) is 0 Å². The molecule has 3 rings (SSSR count). The van der Waals surface area contributed by atoms with Gasteiger partial charge >= 0.3 is 5.97 Å². The highest BCUT2D eigenvalue weighted by molar-refractivity contribution is 7.89. The minimum atomic E-state index is -3.67. The van der Waals surface area contributed by atoms with E-state index in [9.17, 15) is 13.2 Å². The van der Waals surface area contributed by atoms with Gasteiger partial charge in [-0.2, -0.15) is 4.31 Å². The van der Waals surface area contributed by atoms with Crippen LogP contribution in [-0.2, 0) is 19.5 Å². The van der Waals surface area contributed by atoms with Crippen LogP contribution in [0.15, 0.2) is 29.2 Å². The lowest BCUT2D eigenvalue weighted by Gasteiger charge is -2.38. The van der Waals surface area contributed by atoms with Crippen LogP contribution in [0.4, 0.5) is 0 Å². The van der Waals surface area contributed by atoms with E-state index in [1.165, 1.54) is 6.07 Å². The van der Waals surface area contributed by atoms with E-state index in [-0.39, 0.29) is 35.3 Å². The van der Waals surface area contributed by atoms with E-state index in [1.54, 1.807) is 29.4 Å². The average Bonchev–Trinajstić information content (AvgIpc) is 3.10. The van der Waals surface area contributed by atoms with Crippen LogP contribution in [-0.4, -0.2) is 74.6 Å². The van der Waals surface area contributed by atoms with Gasteiger partial charge in [0.1, 0.15) is 0 Å². The fraction of sp³-hybridized carbons (Fsp3) is 0.650. The number of nitrogens with zero attached hydrogens (tertiary/aromatic N) is 2. The van der Waals surface area contributed by atoms with Gasteiger partial charge in [0.05, 0.1) is 29.3 Å². The maximum atomic E-state index is 13.3. The van der Waals surface area contributed by atoms with Crippen molar-refractivity contribution in [1.29, 1.82) is 0 Å². The predicted octanol–water partition coefficient (Wildman–Crippen LogP) is 2.13. The molecule has 2 heterocycles. The van der Waals surface area contributed by atoms with Crippen molar-refractivity contribution in [3.63, 3.8) is 0 Å². The van der Waals surface area contributed by atoms with E-state index in [4.69, 9.17) is 9.47 Å². The number of hydrogen-bond acceptors (Lipinski definition) is 6. The number of ether oxygens (including phenoxy) is 2. The molecule has 2 saturated heterocycles. The van der Waals surface area contributed by atoms with Crippen LogP contribution < -0.4 is 0 Å². The Morgan fingerprint density at radius 1 is 1.25 bits per heavy atom. The minimum Gasteiger partial charge on any atom is -0.462 e. The fourth-order valence-electron chi connectivity index (χ4n) is 4.17. The van der Waals surface area contributed by atoms with Gasteiger partial charge in [-0.15, -0.1) is 0 Å². The van der Waals surface area contributed by atoms with Crippen LogP contribution >= 0.6 is 0 Å². The summed E-state index contributed by atoms with van der Waals surface area (Å²) in [6.45, 7) is 8.90. The number of rotatable bonds is 6. The number of benzene rings is 1. The van der Waals surface area contributed by atoms with E-state index in [1.807, 2.05) is 13.8 Å². The largest absolute Gasteiger partial charge is 0.462 e. The highest BCUT2D eigenvalue weighted by atomic mass is 32.2. The van der Waals surface area contributed by atoms with E-state index in [2.05, 4.69) is 4.90 Å². The van der Waals surface area contributed by atoms with Crippen molar-refractivity contribution in [2.24, 2.45) is 0 Å². The quantitative estimate of drug-likeness (QED) is 0.669. The van der Waals surface area contributed by atoms with Crippen molar-refractivity contribution in [2.45, 2.75) is 56.8 Å². The molecule has 1 aromatic carbocycles. The Kier molecular flexibility index (Phi) is 6.75. The molecule has 156 valence electrons. The maximum absolute atomic E-state index is 13.3. The van der Waals surface area contributed by atoms with Gasteiger partial charge < -0.3 is 9.47 Å². The molecular formula is C20H30N2O5S. The third-order valence-electron chi connectivity index (χ3n) is 5.24. The lowest BCUT2D eigenvalue weighted by molar-refractivity contribution is -0.0707. The lowest BCUT2D eigenvalue weighted by Crippen LogP contribution is -2.50. The molecule has 7 nitrogen and oxygen atoms in total. The zero-order valence-corrected chi connectivity index (χ0v) is 17.7. The van der Waals surface area contributed by atoms with Crippen LogP contribution in [0.25, 0.3) is 0 Å². The monoisotopic (exact) mass is 410 g/mol. The van der Waals surface area contributed by atoms with Gasteiger partial charge in [0.15, 0.2) is 0 Å². The number of carbonyl (C=O) groups is 1. The van der Waals surface area contributed by atoms with E-state index >= 15 is 0 Å². The molecule has 2 aliphatic rings. The summed E-state index contributed by atoms with van der Waals surface area (Å²) in [6.07, 6.45) is 1.99. The number of carbonyl (C=O) groups excluding carboxylic acids is 1. The fourth-order valence-corrected chi connectivity index (χ4v) is 5.90. The Balaban J connectivity index is 1.77. The molecule has 0 spiro atoms. The number of morpholine rings is 1. The first kappa shape index (κ1) is 21.2. The summed E-state index contributed by atoms with van der Waals surface area (Å²) in [5.74, 6) is -0.506. The van der Waals surface area contributed by atoms with E-state index in [0.29, 0.717) is 13.1 Å². The molecule has 0 N–H and O–H groups in total. The summed E-state index contributed by atoms with van der Waals surface area (Å²) < 4.78 is 38.9. The summed E-state index contributed by atoms with van der Waals surface area (Å²) in [5.41, 5.74) is 0.259. The Morgan fingerprint density at radius 2 is 1.96 bits per heavy atom. The Hall–Kier alpha value is -1.48. The second-order valence-corrected chi connectivity index (χ2v) is 9.53. The van der Waals surface area contributed by atoms with Gasteiger partial charge in [0, 0.05) is 32.2 Å². The van der Waals surface area contributed by atoms with Crippen LogP contribution in [0.5, 0.6) is 0 Å². The molecule has 3 atom stereocenters. The molecule has 0 aliphatic carbocycles.